The number of H-pyrrole nitrogens is 1. The van der Waals surface area contributed by atoms with Gasteiger partial charge in [-0.1, -0.05) is 6.07 Å². The first-order valence-electron chi connectivity index (χ1n) is 20.2. The van der Waals surface area contributed by atoms with Crippen molar-refractivity contribution in [3.63, 3.8) is 0 Å². The van der Waals surface area contributed by atoms with Gasteiger partial charge >= 0.3 is 0 Å². The van der Waals surface area contributed by atoms with Crippen molar-refractivity contribution in [2.45, 2.75) is 70.1 Å². The number of aromatic nitrogens is 3. The van der Waals surface area contributed by atoms with Crippen LogP contribution in [0.15, 0.2) is 54.9 Å². The maximum absolute atomic E-state index is 13.4. The van der Waals surface area contributed by atoms with Gasteiger partial charge in [-0.3, -0.25) is 34.3 Å². The number of pyridine rings is 2. The number of fused-ring (bicyclic) bond motifs is 2. The van der Waals surface area contributed by atoms with Crippen molar-refractivity contribution >= 4 is 51.9 Å². The molecule has 3 aromatic heterocycles. The fourth-order valence-corrected chi connectivity index (χ4v) is 9.60. The average molecular weight is 759 g/mol. The number of hydrogen-bond acceptors (Lipinski definition) is 10. The van der Waals surface area contributed by atoms with E-state index in [1.165, 1.54) is 12.1 Å². The molecule has 0 bridgehead atoms. The molecule has 4 aromatic rings. The lowest BCUT2D eigenvalue weighted by atomic mass is 9.94. The number of anilines is 3. The molecule has 4 fully saturated rings. The smallest absolute Gasteiger partial charge is 0.258 e. The van der Waals surface area contributed by atoms with Crippen LogP contribution in [-0.4, -0.2) is 118 Å². The van der Waals surface area contributed by atoms with E-state index in [-0.39, 0.29) is 36.1 Å². The summed E-state index contributed by atoms with van der Waals surface area (Å²) >= 11 is 0. The molecule has 14 nitrogen and oxygen atoms in total. The van der Waals surface area contributed by atoms with Gasteiger partial charge in [-0.25, -0.2) is 9.97 Å². The number of piperidine rings is 2. The summed E-state index contributed by atoms with van der Waals surface area (Å²) in [6.07, 6.45) is 8.56. The Morgan fingerprint density at radius 3 is 2.52 bits per heavy atom. The van der Waals surface area contributed by atoms with E-state index in [9.17, 15) is 19.2 Å². The number of nitrogens with one attached hydrogen (secondary N) is 3. The zero-order valence-electron chi connectivity index (χ0n) is 32.2. The second-order valence-corrected chi connectivity index (χ2v) is 16.3. The van der Waals surface area contributed by atoms with Crippen molar-refractivity contribution < 1.29 is 19.2 Å². The Kier molecular flexibility index (Phi) is 9.70. The molecular formula is C42H50N10O4. The third-order valence-electron chi connectivity index (χ3n) is 12.7. The Hall–Kier alpha value is -5.34. The summed E-state index contributed by atoms with van der Waals surface area (Å²) < 4.78 is 0. The predicted molar refractivity (Wildman–Crippen MR) is 214 cm³/mol. The predicted octanol–water partition coefficient (Wildman–Crippen LogP) is 4.17. The van der Waals surface area contributed by atoms with Crippen molar-refractivity contribution in [2.75, 3.05) is 68.0 Å². The lowest BCUT2D eigenvalue weighted by Gasteiger charge is -2.43. The van der Waals surface area contributed by atoms with Gasteiger partial charge in [0.15, 0.2) is 0 Å². The molecule has 5 aliphatic rings. The molecule has 0 spiro atoms. The molecule has 0 aliphatic carbocycles. The molecule has 4 amide bonds. The number of piperazine rings is 1. The van der Waals surface area contributed by atoms with Crippen LogP contribution in [0.2, 0.25) is 0 Å². The van der Waals surface area contributed by atoms with Crippen molar-refractivity contribution in [1.29, 1.82) is 0 Å². The van der Waals surface area contributed by atoms with Crippen molar-refractivity contribution in [1.82, 2.24) is 35.0 Å². The standard InChI is InChI=1S/C42H50N10O4/c1-26-23-49(24-27-12-15-50(16-13-27)34-6-3-5-30-31(34)25-52(42(30)56)36-9-11-39(53)47-41(36)55)17-18-51(26)38-10-8-28(21-44-38)40(54)46-37-20-32-29(22-43-37)19-33(45-32)35-7-4-14-48(35)2/h3,5-6,8,10,19-22,26-27,35-36,45H,4,7,9,11-18,23-25H2,1-2H3,(H,43,46,54)(H,47,53,55)/t26-,35+,36?/m0/s1. The molecule has 9 rings (SSSR count). The van der Waals surface area contributed by atoms with Gasteiger partial charge in [0.25, 0.3) is 11.8 Å². The number of carbonyl (C=O) groups excluding carboxylic acids is 4. The lowest BCUT2D eigenvalue weighted by molar-refractivity contribution is -0.136. The highest BCUT2D eigenvalue weighted by atomic mass is 16.2. The Balaban J connectivity index is 0.756. The van der Waals surface area contributed by atoms with Crippen LogP contribution in [0, 0.1) is 5.92 Å². The zero-order valence-corrected chi connectivity index (χ0v) is 32.2. The Labute approximate surface area is 326 Å². The Bertz CT molecular complexity index is 2160. The van der Waals surface area contributed by atoms with E-state index in [4.69, 9.17) is 4.98 Å². The monoisotopic (exact) mass is 758 g/mol. The molecule has 1 unspecified atom stereocenters. The normalized spacial score (nSPS) is 23.9. The number of benzene rings is 1. The van der Waals surface area contributed by atoms with Gasteiger partial charge in [0, 0.05) is 111 Å². The van der Waals surface area contributed by atoms with Gasteiger partial charge in [0.2, 0.25) is 11.8 Å². The van der Waals surface area contributed by atoms with E-state index in [2.05, 4.69) is 66.3 Å². The van der Waals surface area contributed by atoms with Crippen LogP contribution in [0.25, 0.3) is 10.9 Å². The van der Waals surface area contributed by atoms with Crippen molar-refractivity contribution in [3.05, 3.63) is 77.2 Å². The summed E-state index contributed by atoms with van der Waals surface area (Å²) in [5.41, 5.74) is 5.38. The first-order valence-corrected chi connectivity index (χ1v) is 20.2. The highest BCUT2D eigenvalue weighted by Crippen LogP contribution is 2.36. The average Bonchev–Trinajstić information content (AvgIpc) is 3.91. The molecule has 3 N–H and O–H groups in total. The van der Waals surface area contributed by atoms with Crippen molar-refractivity contribution in [2.24, 2.45) is 5.92 Å². The summed E-state index contributed by atoms with van der Waals surface area (Å²) in [5, 5.41) is 6.39. The second kappa shape index (κ2) is 15.0. The molecule has 1 aromatic carbocycles. The van der Waals surface area contributed by atoms with Gasteiger partial charge in [-0.15, -0.1) is 0 Å². The highest BCUT2D eigenvalue weighted by Gasteiger charge is 2.40. The first kappa shape index (κ1) is 36.3. The molecule has 0 radical (unpaired) electrons. The number of hydrogen-bond donors (Lipinski definition) is 3. The summed E-state index contributed by atoms with van der Waals surface area (Å²) in [4.78, 5) is 74.9. The minimum Gasteiger partial charge on any atom is -0.371 e. The third kappa shape index (κ3) is 7.00. The number of carbonyl (C=O) groups is 4. The first-order chi connectivity index (χ1) is 27.2. The number of likely N-dealkylation sites (tertiary alicyclic amines) is 1. The largest absolute Gasteiger partial charge is 0.371 e. The van der Waals surface area contributed by atoms with Crippen molar-refractivity contribution in [3.8, 4) is 0 Å². The summed E-state index contributed by atoms with van der Waals surface area (Å²) in [7, 11) is 2.16. The zero-order chi connectivity index (χ0) is 38.5. The van der Waals surface area contributed by atoms with Gasteiger partial charge in [0.05, 0.1) is 11.1 Å². The molecule has 8 heterocycles. The van der Waals surface area contributed by atoms with Crippen LogP contribution in [0.5, 0.6) is 0 Å². The molecule has 5 aliphatic heterocycles. The Morgan fingerprint density at radius 2 is 1.77 bits per heavy atom. The third-order valence-corrected chi connectivity index (χ3v) is 12.7. The SMILES string of the molecule is C[C@H]1CN(CC2CCN(c3cccc4c3CN(C3CCC(=O)NC3=O)C4=O)CC2)CCN1c1ccc(C(=O)Nc2cc3[nH]c([C@H]4CCCN4C)cc3cn2)cn1. The van der Waals surface area contributed by atoms with Crippen LogP contribution in [-0.2, 0) is 16.1 Å². The fraction of sp³-hybridized carbons (Fsp3) is 0.476. The van der Waals surface area contributed by atoms with E-state index in [1.807, 2.05) is 36.5 Å². The maximum atomic E-state index is 13.4. The van der Waals surface area contributed by atoms with E-state index in [0.717, 1.165) is 93.0 Å². The van der Waals surface area contributed by atoms with Gasteiger partial charge in [-0.2, -0.15) is 0 Å². The van der Waals surface area contributed by atoms with Gasteiger partial charge < -0.3 is 25.0 Å². The molecule has 0 saturated carbocycles. The minimum atomic E-state index is -0.608. The summed E-state index contributed by atoms with van der Waals surface area (Å²) in [6, 6.07) is 13.8. The number of amides is 4. The van der Waals surface area contributed by atoms with E-state index in [0.29, 0.717) is 41.9 Å². The number of aromatic amines is 1. The van der Waals surface area contributed by atoms with Crippen LogP contribution in [0.4, 0.5) is 17.3 Å². The van der Waals surface area contributed by atoms with E-state index < -0.39 is 6.04 Å². The summed E-state index contributed by atoms with van der Waals surface area (Å²) in [6.45, 7) is 9.39. The molecule has 292 valence electrons. The lowest BCUT2D eigenvalue weighted by Crippen LogP contribution is -2.53. The van der Waals surface area contributed by atoms with Crippen LogP contribution >= 0.6 is 0 Å². The van der Waals surface area contributed by atoms with E-state index >= 15 is 0 Å². The molecule has 56 heavy (non-hydrogen) atoms. The minimum absolute atomic E-state index is 0.129. The highest BCUT2D eigenvalue weighted by molar-refractivity contribution is 6.06. The molecule has 3 atom stereocenters. The fourth-order valence-electron chi connectivity index (χ4n) is 9.60. The van der Waals surface area contributed by atoms with Gasteiger partial charge in [0.1, 0.15) is 17.7 Å². The summed E-state index contributed by atoms with van der Waals surface area (Å²) in [5.74, 6) is 0.952. The Morgan fingerprint density at radius 1 is 0.911 bits per heavy atom. The molecular weight excluding hydrogens is 709 g/mol. The van der Waals surface area contributed by atoms with Crippen LogP contribution < -0.4 is 20.4 Å². The topological polar surface area (TPSA) is 150 Å². The molecule has 14 heteroatoms. The quantitative estimate of drug-likeness (QED) is 0.224. The maximum Gasteiger partial charge on any atom is 0.258 e. The molecule has 4 saturated heterocycles. The number of nitrogens with zero attached hydrogens (tertiary/aromatic N) is 7. The number of rotatable bonds is 8. The number of imide groups is 1. The van der Waals surface area contributed by atoms with E-state index in [1.54, 1.807) is 11.1 Å². The van der Waals surface area contributed by atoms with Crippen LogP contribution in [0.1, 0.15) is 83.5 Å². The second-order valence-electron chi connectivity index (χ2n) is 16.3. The van der Waals surface area contributed by atoms with Crippen LogP contribution in [0.3, 0.4) is 0 Å². The van der Waals surface area contributed by atoms with Gasteiger partial charge in [-0.05, 0) is 88.9 Å².